The summed E-state index contributed by atoms with van der Waals surface area (Å²) < 4.78 is 12.7. The number of methoxy groups -OCH3 is 2. The molecular weight excluding hydrogens is 402 g/mol. The molecule has 0 bridgehead atoms. The summed E-state index contributed by atoms with van der Waals surface area (Å²) in [7, 11) is 3.23. The van der Waals surface area contributed by atoms with Gasteiger partial charge in [0.1, 0.15) is 0 Å². The molecule has 1 amide bonds. The van der Waals surface area contributed by atoms with Crippen molar-refractivity contribution in [2.75, 3.05) is 14.2 Å². The fourth-order valence-electron chi connectivity index (χ4n) is 4.52. The van der Waals surface area contributed by atoms with E-state index in [1.54, 1.807) is 14.2 Å². The Morgan fingerprint density at radius 1 is 1.12 bits per heavy atom. The van der Waals surface area contributed by atoms with Crippen molar-refractivity contribution in [1.29, 1.82) is 0 Å². The van der Waals surface area contributed by atoms with Gasteiger partial charge in [-0.3, -0.25) is 4.79 Å². The van der Waals surface area contributed by atoms with Gasteiger partial charge in [-0.1, -0.05) is 38.1 Å². The molecule has 0 radical (unpaired) electrons. The van der Waals surface area contributed by atoms with E-state index in [9.17, 15) is 4.79 Å². The third kappa shape index (κ3) is 4.64. The number of ether oxygens (including phenoxy) is 2. The van der Waals surface area contributed by atoms with E-state index in [0.29, 0.717) is 24.3 Å². The van der Waals surface area contributed by atoms with Crippen molar-refractivity contribution in [3.05, 3.63) is 71.5 Å². The third-order valence-electron chi connectivity index (χ3n) is 6.10. The lowest BCUT2D eigenvalue weighted by Gasteiger charge is -2.36. The predicted molar refractivity (Wildman–Crippen MR) is 124 cm³/mol. The van der Waals surface area contributed by atoms with Crippen LogP contribution >= 0.6 is 0 Å². The molecule has 168 valence electrons. The average molecular weight is 434 g/mol. The van der Waals surface area contributed by atoms with Crippen LogP contribution in [0.4, 0.5) is 0 Å². The van der Waals surface area contributed by atoms with Crippen LogP contribution < -0.4 is 14.8 Å². The lowest BCUT2D eigenvalue weighted by atomic mass is 9.74. The monoisotopic (exact) mass is 433 g/mol. The SMILES string of the molecule is COc1ccc(CCC(=O)N[C@H]2CC(C)(C)Cc3c2cnn3-c2ccccc2)cc1OC. The molecule has 3 aromatic rings. The second kappa shape index (κ2) is 9.07. The van der Waals surface area contributed by atoms with Crippen LogP contribution in [0.15, 0.2) is 54.7 Å². The third-order valence-corrected chi connectivity index (χ3v) is 6.10. The van der Waals surface area contributed by atoms with Crippen molar-refractivity contribution in [3.63, 3.8) is 0 Å². The Kier molecular flexibility index (Phi) is 6.21. The molecule has 32 heavy (non-hydrogen) atoms. The molecule has 1 aliphatic carbocycles. The summed E-state index contributed by atoms with van der Waals surface area (Å²) in [5, 5.41) is 7.93. The molecule has 6 heteroatoms. The summed E-state index contributed by atoms with van der Waals surface area (Å²) in [6, 6.07) is 15.9. The Balaban J connectivity index is 1.48. The Morgan fingerprint density at radius 3 is 2.59 bits per heavy atom. The number of amides is 1. The van der Waals surface area contributed by atoms with Crippen LogP contribution in [0.25, 0.3) is 5.69 Å². The maximum absolute atomic E-state index is 12.9. The van der Waals surface area contributed by atoms with E-state index < -0.39 is 0 Å². The molecule has 1 atom stereocenters. The zero-order valence-corrected chi connectivity index (χ0v) is 19.2. The molecule has 0 aliphatic heterocycles. The van der Waals surface area contributed by atoms with E-state index in [4.69, 9.17) is 9.47 Å². The van der Waals surface area contributed by atoms with Crippen LogP contribution in [0.5, 0.6) is 11.5 Å². The van der Waals surface area contributed by atoms with Gasteiger partial charge in [-0.15, -0.1) is 0 Å². The van der Waals surface area contributed by atoms with Crippen molar-refractivity contribution in [1.82, 2.24) is 15.1 Å². The highest BCUT2D eigenvalue weighted by atomic mass is 16.5. The first-order valence-corrected chi connectivity index (χ1v) is 11.0. The average Bonchev–Trinajstić information content (AvgIpc) is 3.20. The normalized spacial score (nSPS) is 16.8. The molecule has 4 rings (SSSR count). The molecule has 1 N–H and O–H groups in total. The maximum atomic E-state index is 12.9. The second-order valence-corrected chi connectivity index (χ2v) is 9.15. The smallest absolute Gasteiger partial charge is 0.220 e. The molecule has 2 aromatic carbocycles. The number of carbonyl (C=O) groups is 1. The van der Waals surface area contributed by atoms with Crippen LogP contribution in [-0.4, -0.2) is 29.9 Å². The molecule has 1 aromatic heterocycles. The van der Waals surface area contributed by atoms with Crippen molar-refractivity contribution >= 4 is 5.91 Å². The largest absolute Gasteiger partial charge is 0.493 e. The fraction of sp³-hybridized carbons (Fsp3) is 0.385. The van der Waals surface area contributed by atoms with Gasteiger partial charge in [0.15, 0.2) is 11.5 Å². The number of para-hydroxylation sites is 1. The first-order valence-electron chi connectivity index (χ1n) is 11.0. The summed E-state index contributed by atoms with van der Waals surface area (Å²) in [6.45, 7) is 4.50. The number of hydrogen-bond donors (Lipinski definition) is 1. The van der Waals surface area contributed by atoms with E-state index in [2.05, 4.69) is 36.4 Å². The molecular formula is C26H31N3O3. The van der Waals surface area contributed by atoms with Gasteiger partial charge in [-0.2, -0.15) is 5.10 Å². The summed E-state index contributed by atoms with van der Waals surface area (Å²) in [6.07, 6.45) is 4.78. The minimum Gasteiger partial charge on any atom is -0.493 e. The first kappa shape index (κ1) is 21.9. The zero-order valence-electron chi connectivity index (χ0n) is 19.2. The first-order chi connectivity index (χ1) is 15.4. The van der Waals surface area contributed by atoms with E-state index in [1.165, 1.54) is 5.69 Å². The van der Waals surface area contributed by atoms with E-state index in [-0.39, 0.29) is 17.4 Å². The molecule has 1 aliphatic rings. The Hall–Kier alpha value is -3.28. The van der Waals surface area contributed by atoms with Crippen molar-refractivity contribution in [2.24, 2.45) is 5.41 Å². The van der Waals surface area contributed by atoms with Gasteiger partial charge in [-0.25, -0.2) is 4.68 Å². The molecule has 0 saturated carbocycles. The highest BCUT2D eigenvalue weighted by Crippen LogP contribution is 2.41. The minimum atomic E-state index is -0.0379. The molecule has 1 heterocycles. The molecule has 0 unspecified atom stereocenters. The highest BCUT2D eigenvalue weighted by Gasteiger charge is 2.35. The number of hydrogen-bond acceptors (Lipinski definition) is 4. The second-order valence-electron chi connectivity index (χ2n) is 9.15. The minimum absolute atomic E-state index is 0.0379. The maximum Gasteiger partial charge on any atom is 0.220 e. The number of fused-ring (bicyclic) bond motifs is 1. The van der Waals surface area contributed by atoms with Gasteiger partial charge in [0.05, 0.1) is 37.8 Å². The summed E-state index contributed by atoms with van der Waals surface area (Å²) >= 11 is 0. The van der Waals surface area contributed by atoms with Crippen molar-refractivity contribution in [3.8, 4) is 17.2 Å². The number of benzene rings is 2. The fourth-order valence-corrected chi connectivity index (χ4v) is 4.52. The van der Waals surface area contributed by atoms with E-state index in [1.807, 2.05) is 47.3 Å². The Labute approximate surface area is 189 Å². The summed E-state index contributed by atoms with van der Waals surface area (Å²) in [5.41, 5.74) is 4.45. The zero-order chi connectivity index (χ0) is 22.7. The molecule has 0 fully saturated rings. The molecule has 6 nitrogen and oxygen atoms in total. The van der Waals surface area contributed by atoms with Gasteiger partial charge >= 0.3 is 0 Å². The molecule has 0 spiro atoms. The van der Waals surface area contributed by atoms with E-state index >= 15 is 0 Å². The van der Waals surface area contributed by atoms with Gasteiger partial charge in [-0.05, 0) is 54.5 Å². The van der Waals surface area contributed by atoms with Crippen LogP contribution in [0, 0.1) is 5.41 Å². The standard InChI is InChI=1S/C26H31N3O3/c1-26(2)15-21(20-17-27-29(22(20)16-26)19-8-6-5-7-9-19)28-25(30)13-11-18-10-12-23(31-3)24(14-18)32-4/h5-10,12,14,17,21H,11,13,15-16H2,1-4H3,(H,28,30)/t21-/m0/s1. The van der Waals surface area contributed by atoms with Crippen LogP contribution in [0.1, 0.15) is 49.6 Å². The topological polar surface area (TPSA) is 65.4 Å². The summed E-state index contributed by atoms with van der Waals surface area (Å²) in [5.74, 6) is 1.41. The van der Waals surface area contributed by atoms with Crippen LogP contribution in [0.3, 0.4) is 0 Å². The Morgan fingerprint density at radius 2 is 1.88 bits per heavy atom. The van der Waals surface area contributed by atoms with Crippen LogP contribution in [0.2, 0.25) is 0 Å². The van der Waals surface area contributed by atoms with Crippen molar-refractivity contribution in [2.45, 2.75) is 45.6 Å². The van der Waals surface area contributed by atoms with Gasteiger partial charge in [0.25, 0.3) is 0 Å². The lowest BCUT2D eigenvalue weighted by molar-refractivity contribution is -0.122. The number of carbonyl (C=O) groups excluding carboxylic acids is 1. The number of aromatic nitrogens is 2. The summed E-state index contributed by atoms with van der Waals surface area (Å²) in [4.78, 5) is 12.9. The molecule has 0 saturated heterocycles. The number of aryl methyl sites for hydroxylation is 1. The van der Waals surface area contributed by atoms with Crippen LogP contribution in [-0.2, 0) is 17.6 Å². The lowest BCUT2D eigenvalue weighted by Crippen LogP contribution is -2.36. The van der Waals surface area contributed by atoms with E-state index in [0.717, 1.165) is 29.7 Å². The Bertz CT molecular complexity index is 1090. The predicted octanol–water partition coefficient (Wildman–Crippen LogP) is 4.65. The van der Waals surface area contributed by atoms with Gasteiger partial charge in [0, 0.05) is 12.0 Å². The van der Waals surface area contributed by atoms with Gasteiger partial charge < -0.3 is 14.8 Å². The van der Waals surface area contributed by atoms with Crippen molar-refractivity contribution < 1.29 is 14.3 Å². The number of nitrogens with one attached hydrogen (secondary N) is 1. The van der Waals surface area contributed by atoms with Gasteiger partial charge in [0.2, 0.25) is 5.91 Å². The quantitative estimate of drug-likeness (QED) is 0.589. The highest BCUT2D eigenvalue weighted by molar-refractivity contribution is 5.77. The number of nitrogens with zero attached hydrogens (tertiary/aromatic N) is 2. The number of rotatable bonds is 7.